The van der Waals surface area contributed by atoms with Crippen LogP contribution in [0.15, 0.2) is 0 Å². The number of nitrogens with one attached hydrogen (secondary N) is 1. The number of rotatable bonds is 7. The molecule has 43 heavy (non-hydrogen) atoms. The molecule has 3 aliphatic carbocycles. The molecular weight excluding hydrogens is 583 g/mol. The van der Waals surface area contributed by atoms with Crippen LogP contribution in [-0.2, 0) is 19.1 Å². The molecule has 0 aromatic rings. The summed E-state index contributed by atoms with van der Waals surface area (Å²) >= 11 is 4.11. The molecule has 15 atom stereocenters. The van der Waals surface area contributed by atoms with Crippen molar-refractivity contribution in [3.63, 3.8) is 0 Å². The van der Waals surface area contributed by atoms with Gasteiger partial charge in [0.05, 0.1) is 7.11 Å². The Balaban J connectivity index is 1.27. The lowest BCUT2D eigenvalue weighted by molar-refractivity contribution is -0.235. The van der Waals surface area contributed by atoms with Crippen molar-refractivity contribution >= 4 is 35.4 Å². The normalized spacial score (nSPS) is 53.0. The predicted octanol–water partition coefficient (Wildman–Crippen LogP) is 3.42. The lowest BCUT2D eigenvalue weighted by Crippen LogP contribution is -2.71. The molecule has 0 aromatic heterocycles. The molecule has 1 amide bonds. The molecule has 240 valence electrons. The smallest absolute Gasteiger partial charge is 0.342 e. The van der Waals surface area contributed by atoms with Gasteiger partial charge in [0.2, 0.25) is 11.5 Å². The summed E-state index contributed by atoms with van der Waals surface area (Å²) < 4.78 is 12.5. The molecule has 10 heteroatoms. The number of ether oxygens (including phenoxy) is 2. The van der Waals surface area contributed by atoms with Crippen molar-refractivity contribution in [3.05, 3.63) is 0 Å². The molecule has 0 aromatic carbocycles. The Morgan fingerprint density at radius 3 is 2.30 bits per heavy atom. The maximum atomic E-state index is 13.9. The molecule has 3 saturated carbocycles. The van der Waals surface area contributed by atoms with Crippen LogP contribution in [0.2, 0.25) is 0 Å². The van der Waals surface area contributed by atoms with Gasteiger partial charge in [-0.15, -0.1) is 0 Å². The summed E-state index contributed by atoms with van der Waals surface area (Å²) in [5.74, 6) is 7.73. The number of nitrogens with zero attached hydrogens (tertiary/aromatic N) is 2. The number of carbonyl (C=O) groups is 2. The Hall–Kier alpha value is -0.520. The number of aliphatic hydroxyl groups is 1. The molecule has 2 N–H and O–H groups in total. The van der Waals surface area contributed by atoms with Crippen LogP contribution in [0.4, 0.5) is 0 Å². The molecule has 5 aliphatic heterocycles. The predicted molar refractivity (Wildman–Crippen MR) is 168 cm³/mol. The molecule has 15 unspecified atom stereocenters. The number of methoxy groups -OCH3 is 1. The standard InChI is InChI=1S/C33H51N3O5S2/c1-5-42-15-17-7-9-22-19(11-17)26-27-21(14-34-30(27)37)25-20-12-18(16-43-6-2)8-10-23(20)36-29(25)28(26)35(22)24-13-33(39,31(38)40-4)32(36,3)41-24/h17-29,39H,5-16H2,1-4H3,(H,34,37). The van der Waals surface area contributed by atoms with E-state index in [2.05, 4.69) is 52.5 Å². The van der Waals surface area contributed by atoms with Crippen LogP contribution in [0.25, 0.3) is 0 Å². The Labute approximate surface area is 265 Å². The van der Waals surface area contributed by atoms with E-state index < -0.39 is 17.3 Å². The van der Waals surface area contributed by atoms with Crippen molar-refractivity contribution in [2.45, 2.75) is 107 Å². The zero-order valence-electron chi connectivity index (χ0n) is 26.3. The fraction of sp³-hybridized carbons (Fsp3) is 0.939. The molecule has 2 bridgehead atoms. The van der Waals surface area contributed by atoms with Gasteiger partial charge in [0.25, 0.3) is 0 Å². The molecule has 8 fully saturated rings. The summed E-state index contributed by atoms with van der Waals surface area (Å²) in [6, 6.07) is 0.971. The SMILES string of the molecule is CCSCC1CCC2C(C1)C1C3C(=O)NCC3C3C4CC(CSCC)CCC4N4C3C1N2C1CC(O)(C(=O)OC)C4(C)O1. The quantitative estimate of drug-likeness (QED) is 0.410. The van der Waals surface area contributed by atoms with Crippen LogP contribution in [-0.4, -0.2) is 105 Å². The Kier molecular flexibility index (Phi) is 7.47. The molecule has 0 spiro atoms. The summed E-state index contributed by atoms with van der Waals surface area (Å²) in [5, 5.41) is 15.8. The number of carbonyl (C=O) groups excluding carboxylic acids is 2. The minimum atomic E-state index is -1.73. The van der Waals surface area contributed by atoms with E-state index in [9.17, 15) is 14.7 Å². The molecule has 0 radical (unpaired) electrons. The molecule has 5 heterocycles. The van der Waals surface area contributed by atoms with Crippen molar-refractivity contribution < 1.29 is 24.2 Å². The molecule has 5 saturated heterocycles. The molecule has 8 rings (SSSR count). The lowest BCUT2D eigenvalue weighted by Gasteiger charge is -2.53. The van der Waals surface area contributed by atoms with E-state index in [-0.39, 0.29) is 42.6 Å². The lowest BCUT2D eigenvalue weighted by atomic mass is 9.56. The fourth-order valence-electron chi connectivity index (χ4n) is 12.4. The van der Waals surface area contributed by atoms with Crippen LogP contribution >= 0.6 is 23.5 Å². The minimum Gasteiger partial charge on any atom is -0.467 e. The van der Waals surface area contributed by atoms with Gasteiger partial charge >= 0.3 is 5.97 Å². The highest BCUT2D eigenvalue weighted by atomic mass is 32.2. The van der Waals surface area contributed by atoms with Gasteiger partial charge in [0.15, 0.2) is 5.72 Å². The van der Waals surface area contributed by atoms with E-state index in [1.165, 1.54) is 44.3 Å². The molecule has 8 nitrogen and oxygen atoms in total. The third kappa shape index (κ3) is 3.98. The van der Waals surface area contributed by atoms with Crippen molar-refractivity contribution in [1.29, 1.82) is 0 Å². The highest BCUT2D eigenvalue weighted by Gasteiger charge is 2.79. The highest BCUT2D eigenvalue weighted by molar-refractivity contribution is 7.99. The van der Waals surface area contributed by atoms with Crippen LogP contribution in [0.5, 0.6) is 0 Å². The summed E-state index contributed by atoms with van der Waals surface area (Å²) in [5.41, 5.74) is -2.88. The topological polar surface area (TPSA) is 91.3 Å². The van der Waals surface area contributed by atoms with Crippen molar-refractivity contribution in [1.82, 2.24) is 15.1 Å². The third-order valence-corrected chi connectivity index (χ3v) is 16.0. The van der Waals surface area contributed by atoms with E-state index in [4.69, 9.17) is 9.47 Å². The molecule has 8 aliphatic rings. The van der Waals surface area contributed by atoms with Crippen molar-refractivity contribution in [2.24, 2.45) is 47.3 Å². The van der Waals surface area contributed by atoms with Crippen molar-refractivity contribution in [2.75, 3.05) is 36.7 Å². The summed E-state index contributed by atoms with van der Waals surface area (Å²) in [7, 11) is 1.40. The zero-order chi connectivity index (χ0) is 29.8. The third-order valence-electron chi connectivity index (χ3n) is 13.7. The van der Waals surface area contributed by atoms with Gasteiger partial charge in [-0.05, 0) is 110 Å². The average Bonchev–Trinajstić information content (AvgIpc) is 3.70. The second-order valence-corrected chi connectivity index (χ2v) is 17.8. The number of hydrogen-bond acceptors (Lipinski definition) is 9. The maximum absolute atomic E-state index is 13.9. The number of thioether (sulfide) groups is 2. The number of hydrogen-bond donors (Lipinski definition) is 2. The fourth-order valence-corrected chi connectivity index (χ4v) is 14.1. The average molecular weight is 634 g/mol. The number of amides is 1. The van der Waals surface area contributed by atoms with Gasteiger partial charge in [0.1, 0.15) is 6.23 Å². The van der Waals surface area contributed by atoms with Crippen LogP contribution in [0, 0.1) is 47.3 Å². The first-order valence-corrected chi connectivity index (χ1v) is 19.6. The zero-order valence-corrected chi connectivity index (χ0v) is 27.9. The van der Waals surface area contributed by atoms with Crippen LogP contribution in [0.1, 0.15) is 65.7 Å². The van der Waals surface area contributed by atoms with Crippen LogP contribution in [0.3, 0.4) is 0 Å². The van der Waals surface area contributed by atoms with Gasteiger partial charge < -0.3 is 19.9 Å². The van der Waals surface area contributed by atoms with Gasteiger partial charge in [0, 0.05) is 43.1 Å². The monoisotopic (exact) mass is 633 g/mol. The minimum absolute atomic E-state index is 0.0660. The van der Waals surface area contributed by atoms with Gasteiger partial charge in [-0.25, -0.2) is 4.79 Å². The Bertz CT molecular complexity index is 1150. The van der Waals surface area contributed by atoms with E-state index in [1.807, 2.05) is 6.92 Å². The highest BCUT2D eigenvalue weighted by Crippen LogP contribution is 2.68. The maximum Gasteiger partial charge on any atom is 0.342 e. The summed E-state index contributed by atoms with van der Waals surface area (Å²) in [6.45, 7) is 7.27. The van der Waals surface area contributed by atoms with E-state index >= 15 is 0 Å². The second-order valence-electron chi connectivity index (χ2n) is 15.2. The Morgan fingerprint density at radius 1 is 1.00 bits per heavy atom. The second kappa shape index (κ2) is 10.8. The summed E-state index contributed by atoms with van der Waals surface area (Å²) in [4.78, 5) is 32.7. The van der Waals surface area contributed by atoms with Crippen LogP contribution < -0.4 is 5.32 Å². The first-order valence-electron chi connectivity index (χ1n) is 17.2. The van der Waals surface area contributed by atoms with Gasteiger partial charge in [-0.3, -0.25) is 14.6 Å². The number of esters is 1. The van der Waals surface area contributed by atoms with Gasteiger partial charge in [-0.1, -0.05) is 13.8 Å². The van der Waals surface area contributed by atoms with Crippen molar-refractivity contribution in [3.8, 4) is 0 Å². The first-order chi connectivity index (χ1) is 20.8. The molecular formula is C33H51N3O5S2. The largest absolute Gasteiger partial charge is 0.467 e. The number of fused-ring (bicyclic) bond motifs is 13. The van der Waals surface area contributed by atoms with E-state index in [1.54, 1.807) is 0 Å². The van der Waals surface area contributed by atoms with E-state index in [0.29, 0.717) is 47.5 Å². The Morgan fingerprint density at radius 2 is 1.65 bits per heavy atom. The van der Waals surface area contributed by atoms with Gasteiger partial charge in [-0.2, -0.15) is 23.5 Å². The first kappa shape index (κ1) is 29.9. The summed E-state index contributed by atoms with van der Waals surface area (Å²) in [6.07, 6.45) is 6.79. The van der Waals surface area contributed by atoms with E-state index in [0.717, 1.165) is 30.9 Å².